The van der Waals surface area contributed by atoms with Gasteiger partial charge in [-0.25, -0.2) is 9.40 Å². The summed E-state index contributed by atoms with van der Waals surface area (Å²) in [6, 6.07) is 14.5. The van der Waals surface area contributed by atoms with Gasteiger partial charge in [-0.2, -0.15) is 5.10 Å². The van der Waals surface area contributed by atoms with Crippen LogP contribution in [0.15, 0.2) is 65.9 Å². The normalized spacial score (nSPS) is 16.5. The molecular weight excluding hydrogens is 439 g/mol. The molecule has 2 aliphatic heterocycles. The molecule has 1 aromatic heterocycles. The van der Waals surface area contributed by atoms with E-state index in [1.54, 1.807) is 0 Å². The number of hydrazone groups is 1. The molecule has 9 heteroatoms. The number of aromatic nitrogens is 1. The maximum Gasteiger partial charge on any atom is 0.262 e. The van der Waals surface area contributed by atoms with Crippen LogP contribution >= 0.6 is 0 Å². The molecule has 0 aliphatic carbocycles. The van der Waals surface area contributed by atoms with Gasteiger partial charge in [0, 0.05) is 32.3 Å². The number of rotatable bonds is 5. The Bertz CT molecular complexity index is 1300. The van der Waals surface area contributed by atoms with Crippen molar-refractivity contribution in [2.75, 3.05) is 20.4 Å². The lowest BCUT2D eigenvalue weighted by Crippen LogP contribution is -2.39. The summed E-state index contributed by atoms with van der Waals surface area (Å²) in [4.78, 5) is 27.4. The fourth-order valence-corrected chi connectivity index (χ4v) is 4.22. The molecule has 34 heavy (non-hydrogen) atoms. The zero-order valence-corrected chi connectivity index (χ0v) is 18.8. The van der Waals surface area contributed by atoms with Crippen LogP contribution in [0.25, 0.3) is 0 Å². The molecule has 0 spiro atoms. The highest BCUT2D eigenvalue weighted by atomic mass is 19.1. The minimum Gasteiger partial charge on any atom is -0.454 e. The van der Waals surface area contributed by atoms with Crippen molar-refractivity contribution in [2.24, 2.45) is 12.1 Å². The number of halogens is 1. The summed E-state index contributed by atoms with van der Waals surface area (Å²) < 4.78 is 26.4. The summed E-state index contributed by atoms with van der Waals surface area (Å²) >= 11 is 0. The van der Waals surface area contributed by atoms with Gasteiger partial charge in [0.15, 0.2) is 11.5 Å². The van der Waals surface area contributed by atoms with E-state index in [4.69, 9.17) is 9.47 Å². The Morgan fingerprint density at radius 2 is 1.94 bits per heavy atom. The van der Waals surface area contributed by atoms with Crippen molar-refractivity contribution in [1.82, 2.24) is 14.5 Å². The monoisotopic (exact) mass is 462 g/mol. The lowest BCUT2D eigenvalue weighted by molar-refractivity contribution is -0.133. The second-order valence-corrected chi connectivity index (χ2v) is 8.29. The summed E-state index contributed by atoms with van der Waals surface area (Å²) in [6.45, 7) is -0.0511. The van der Waals surface area contributed by atoms with E-state index in [9.17, 15) is 14.0 Å². The number of carbonyl (C=O) groups is 2. The summed E-state index contributed by atoms with van der Waals surface area (Å²) in [5.74, 6) is -0.0264. The quantitative estimate of drug-likeness (QED) is 0.583. The first-order valence-corrected chi connectivity index (χ1v) is 10.8. The Kier molecular flexibility index (Phi) is 5.53. The Morgan fingerprint density at radius 1 is 1.12 bits per heavy atom. The van der Waals surface area contributed by atoms with Gasteiger partial charge in [0.05, 0.1) is 17.4 Å². The molecule has 2 aliphatic rings. The number of amides is 2. The third-order valence-corrected chi connectivity index (χ3v) is 5.98. The summed E-state index contributed by atoms with van der Waals surface area (Å²) in [5, 5.41) is 6.08. The number of benzene rings is 2. The summed E-state index contributed by atoms with van der Waals surface area (Å²) in [6.07, 6.45) is 2.42. The summed E-state index contributed by atoms with van der Waals surface area (Å²) in [5.41, 5.74) is 2.70. The van der Waals surface area contributed by atoms with Gasteiger partial charge in [-0.1, -0.05) is 12.1 Å². The standard InChI is InChI=1S/C25H23FN4O4/c1-28-10-4-7-20(28)19-13-21(16-8-9-22-23(12-16)34-15-33-22)30(27-19)24(31)14-29(2)25(32)17-5-3-6-18(26)11-17/h3-12,21H,13-15H2,1-2H3. The van der Waals surface area contributed by atoms with Crippen molar-refractivity contribution in [2.45, 2.75) is 12.5 Å². The van der Waals surface area contributed by atoms with Crippen LogP contribution in [0.2, 0.25) is 0 Å². The molecule has 2 amide bonds. The number of fused-ring (bicyclic) bond motifs is 1. The molecule has 1 atom stereocenters. The average molecular weight is 462 g/mol. The van der Waals surface area contributed by atoms with E-state index < -0.39 is 11.7 Å². The van der Waals surface area contributed by atoms with Crippen molar-refractivity contribution >= 4 is 17.5 Å². The number of aryl methyl sites for hydroxylation is 1. The lowest BCUT2D eigenvalue weighted by Gasteiger charge is -2.25. The molecule has 0 radical (unpaired) electrons. The van der Waals surface area contributed by atoms with E-state index in [1.807, 2.05) is 48.1 Å². The molecule has 2 aromatic carbocycles. The van der Waals surface area contributed by atoms with Gasteiger partial charge in [-0.15, -0.1) is 0 Å². The first kappa shape index (κ1) is 21.7. The van der Waals surface area contributed by atoms with Crippen molar-refractivity contribution in [3.63, 3.8) is 0 Å². The van der Waals surface area contributed by atoms with Crippen LogP contribution < -0.4 is 9.47 Å². The van der Waals surface area contributed by atoms with E-state index >= 15 is 0 Å². The first-order chi connectivity index (χ1) is 16.4. The van der Waals surface area contributed by atoms with E-state index in [0.29, 0.717) is 17.9 Å². The predicted molar refractivity (Wildman–Crippen MR) is 122 cm³/mol. The Balaban J connectivity index is 1.41. The molecule has 0 bridgehead atoms. The first-order valence-electron chi connectivity index (χ1n) is 10.8. The van der Waals surface area contributed by atoms with Gasteiger partial charge in [-0.3, -0.25) is 9.59 Å². The molecule has 174 valence electrons. The van der Waals surface area contributed by atoms with Crippen LogP contribution in [0.1, 0.15) is 34.1 Å². The molecule has 3 aromatic rings. The smallest absolute Gasteiger partial charge is 0.262 e. The molecular formula is C25H23FN4O4. The summed E-state index contributed by atoms with van der Waals surface area (Å²) in [7, 11) is 3.43. The van der Waals surface area contributed by atoms with Crippen LogP contribution in [0.3, 0.4) is 0 Å². The fourth-order valence-electron chi connectivity index (χ4n) is 4.22. The maximum absolute atomic E-state index is 13.6. The molecule has 0 saturated carbocycles. The van der Waals surface area contributed by atoms with Gasteiger partial charge in [-0.05, 0) is 48.0 Å². The lowest BCUT2D eigenvalue weighted by atomic mass is 10.00. The molecule has 8 nitrogen and oxygen atoms in total. The van der Waals surface area contributed by atoms with E-state index in [2.05, 4.69) is 5.10 Å². The topological polar surface area (TPSA) is 76.4 Å². The predicted octanol–water partition coefficient (Wildman–Crippen LogP) is 3.34. The van der Waals surface area contributed by atoms with E-state index in [-0.39, 0.29) is 30.9 Å². The highest BCUT2D eigenvalue weighted by Gasteiger charge is 2.35. The largest absolute Gasteiger partial charge is 0.454 e. The van der Waals surface area contributed by atoms with Gasteiger partial charge in [0.2, 0.25) is 6.79 Å². The van der Waals surface area contributed by atoms with Gasteiger partial charge in [0.1, 0.15) is 12.4 Å². The number of nitrogens with zero attached hydrogens (tertiary/aromatic N) is 4. The number of likely N-dealkylation sites (N-methyl/N-ethyl adjacent to an activating group) is 1. The molecule has 3 heterocycles. The molecule has 0 N–H and O–H groups in total. The Labute approximate surface area is 195 Å². The third kappa shape index (κ3) is 4.00. The van der Waals surface area contributed by atoms with Crippen LogP contribution in [-0.4, -0.2) is 52.4 Å². The van der Waals surface area contributed by atoms with Crippen molar-refractivity contribution in [3.8, 4) is 11.5 Å². The highest BCUT2D eigenvalue weighted by molar-refractivity contribution is 6.02. The van der Waals surface area contributed by atoms with Crippen LogP contribution in [0.5, 0.6) is 11.5 Å². The highest BCUT2D eigenvalue weighted by Crippen LogP contribution is 2.39. The van der Waals surface area contributed by atoms with Crippen molar-refractivity contribution in [1.29, 1.82) is 0 Å². The SMILES string of the molecule is CN(CC(=O)N1N=C(c2cccn2C)CC1c1ccc2c(c1)OCO2)C(=O)c1cccc(F)c1. The van der Waals surface area contributed by atoms with E-state index in [1.165, 1.54) is 35.2 Å². The second-order valence-electron chi connectivity index (χ2n) is 8.29. The number of carbonyl (C=O) groups excluding carboxylic acids is 2. The molecule has 0 fully saturated rings. The average Bonchev–Trinajstić information content (AvgIpc) is 3.57. The minimum absolute atomic E-state index is 0.157. The third-order valence-electron chi connectivity index (χ3n) is 5.98. The van der Waals surface area contributed by atoms with Gasteiger partial charge < -0.3 is 18.9 Å². The zero-order chi connectivity index (χ0) is 23.8. The van der Waals surface area contributed by atoms with Crippen molar-refractivity contribution < 1.29 is 23.5 Å². The Hall–Kier alpha value is -4.14. The second kappa shape index (κ2) is 8.66. The van der Waals surface area contributed by atoms with Crippen molar-refractivity contribution in [3.05, 3.63) is 83.4 Å². The Morgan fingerprint density at radius 3 is 2.71 bits per heavy atom. The van der Waals surface area contributed by atoms with Gasteiger partial charge in [0.25, 0.3) is 11.8 Å². The zero-order valence-electron chi connectivity index (χ0n) is 18.8. The molecule has 0 saturated heterocycles. The van der Waals surface area contributed by atoms with Crippen LogP contribution in [0, 0.1) is 5.82 Å². The fraction of sp³-hybridized carbons (Fsp3) is 0.240. The van der Waals surface area contributed by atoms with E-state index in [0.717, 1.165) is 23.0 Å². The van der Waals surface area contributed by atoms with Gasteiger partial charge >= 0.3 is 0 Å². The minimum atomic E-state index is -0.509. The number of hydrogen-bond acceptors (Lipinski definition) is 5. The molecule has 1 unspecified atom stereocenters. The number of hydrogen-bond donors (Lipinski definition) is 0. The van der Waals surface area contributed by atoms with Crippen LogP contribution in [0.4, 0.5) is 4.39 Å². The van der Waals surface area contributed by atoms with Crippen LogP contribution in [-0.2, 0) is 11.8 Å². The molecule has 5 rings (SSSR count). The maximum atomic E-state index is 13.6. The number of ether oxygens (including phenoxy) is 2.